The molecule has 0 bridgehead atoms. The van der Waals surface area contributed by atoms with E-state index in [2.05, 4.69) is 15.6 Å². The monoisotopic (exact) mass is 441 g/mol. The van der Waals surface area contributed by atoms with Gasteiger partial charge in [-0.1, -0.05) is 29.5 Å². The summed E-state index contributed by atoms with van der Waals surface area (Å²) in [5.41, 5.74) is 3.32. The summed E-state index contributed by atoms with van der Waals surface area (Å²) in [5.74, 6) is 0.168. The lowest BCUT2D eigenvalue weighted by atomic mass is 10.1. The minimum Gasteiger partial charge on any atom is -0.376 e. The minimum atomic E-state index is -0.142. The van der Waals surface area contributed by atoms with Crippen LogP contribution >= 0.6 is 23.1 Å². The van der Waals surface area contributed by atoms with E-state index in [1.807, 2.05) is 49.4 Å². The Morgan fingerprint density at radius 1 is 1.23 bits per heavy atom. The summed E-state index contributed by atoms with van der Waals surface area (Å²) in [7, 11) is 0. The van der Waals surface area contributed by atoms with Gasteiger partial charge < -0.3 is 15.4 Å². The number of hydrogen-bond acceptors (Lipinski definition) is 6. The number of aromatic nitrogens is 1. The zero-order valence-corrected chi connectivity index (χ0v) is 18.3. The Bertz CT molecular complexity index is 1040. The van der Waals surface area contributed by atoms with Crippen molar-refractivity contribution in [3.8, 4) is 0 Å². The fourth-order valence-corrected chi connectivity index (χ4v) is 5.10. The highest BCUT2D eigenvalue weighted by Gasteiger charge is 2.16. The number of ether oxygens (including phenoxy) is 1. The molecule has 8 heteroatoms. The van der Waals surface area contributed by atoms with Crippen molar-refractivity contribution in [1.82, 2.24) is 10.3 Å². The molecule has 1 atom stereocenters. The molecule has 1 saturated heterocycles. The number of thioether (sulfide) groups is 1. The second-order valence-corrected chi connectivity index (χ2v) is 9.46. The van der Waals surface area contributed by atoms with Gasteiger partial charge in [0.1, 0.15) is 0 Å². The molecule has 0 saturated carbocycles. The Hall–Kier alpha value is -2.42. The molecule has 1 aromatic heterocycles. The molecule has 3 aromatic rings. The van der Waals surface area contributed by atoms with E-state index in [9.17, 15) is 9.59 Å². The quantitative estimate of drug-likeness (QED) is 0.536. The number of nitrogens with zero attached hydrogens (tertiary/aromatic N) is 1. The molecular formula is C22H23N3O3S2. The number of benzene rings is 2. The van der Waals surface area contributed by atoms with Crippen molar-refractivity contribution < 1.29 is 14.3 Å². The summed E-state index contributed by atoms with van der Waals surface area (Å²) < 4.78 is 7.32. The van der Waals surface area contributed by atoms with E-state index in [4.69, 9.17) is 4.74 Å². The third-order valence-electron chi connectivity index (χ3n) is 4.82. The first-order valence-electron chi connectivity index (χ1n) is 9.86. The molecule has 2 N–H and O–H groups in total. The van der Waals surface area contributed by atoms with Crippen LogP contribution in [0.3, 0.4) is 0 Å². The molecule has 0 spiro atoms. The predicted molar refractivity (Wildman–Crippen MR) is 121 cm³/mol. The SMILES string of the molecule is Cc1ccc(C(=O)Nc2ccc3nc(SCC(=O)NCC4CCCO4)sc3c2)cc1. The van der Waals surface area contributed by atoms with Gasteiger partial charge in [0.2, 0.25) is 5.91 Å². The van der Waals surface area contributed by atoms with Crippen LogP contribution in [0.2, 0.25) is 0 Å². The fraction of sp³-hybridized carbons (Fsp3) is 0.318. The number of carbonyl (C=O) groups excluding carboxylic acids is 2. The Labute approximate surface area is 183 Å². The first-order valence-corrected chi connectivity index (χ1v) is 11.7. The second-order valence-electron chi connectivity index (χ2n) is 7.21. The molecule has 2 heterocycles. The Balaban J connectivity index is 1.33. The number of aryl methyl sites for hydroxylation is 1. The number of nitrogens with one attached hydrogen (secondary N) is 2. The molecular weight excluding hydrogens is 418 g/mol. The van der Waals surface area contributed by atoms with E-state index in [-0.39, 0.29) is 17.9 Å². The van der Waals surface area contributed by atoms with Crippen LogP contribution in [0.4, 0.5) is 5.69 Å². The zero-order chi connectivity index (χ0) is 20.9. The van der Waals surface area contributed by atoms with Gasteiger partial charge in [-0.05, 0) is 50.1 Å². The van der Waals surface area contributed by atoms with Gasteiger partial charge in [0.15, 0.2) is 4.34 Å². The van der Waals surface area contributed by atoms with Crippen molar-refractivity contribution in [3.63, 3.8) is 0 Å². The van der Waals surface area contributed by atoms with Gasteiger partial charge in [0, 0.05) is 24.4 Å². The van der Waals surface area contributed by atoms with E-state index < -0.39 is 0 Å². The van der Waals surface area contributed by atoms with Crippen molar-refractivity contribution >= 4 is 50.8 Å². The molecule has 0 aliphatic carbocycles. The summed E-state index contributed by atoms with van der Waals surface area (Å²) in [5, 5.41) is 5.85. The van der Waals surface area contributed by atoms with Crippen molar-refractivity contribution in [2.45, 2.75) is 30.2 Å². The number of carbonyl (C=O) groups is 2. The zero-order valence-electron chi connectivity index (χ0n) is 16.6. The molecule has 6 nitrogen and oxygen atoms in total. The first kappa shape index (κ1) is 20.8. The van der Waals surface area contributed by atoms with Crippen molar-refractivity contribution in [2.24, 2.45) is 0 Å². The lowest BCUT2D eigenvalue weighted by Crippen LogP contribution is -2.32. The highest BCUT2D eigenvalue weighted by molar-refractivity contribution is 8.01. The van der Waals surface area contributed by atoms with Crippen LogP contribution in [0.15, 0.2) is 46.8 Å². The summed E-state index contributed by atoms with van der Waals surface area (Å²) in [6.45, 7) is 3.35. The number of thiazole rings is 1. The molecule has 156 valence electrons. The normalized spacial score (nSPS) is 16.0. The maximum Gasteiger partial charge on any atom is 0.255 e. The second kappa shape index (κ2) is 9.59. The summed E-state index contributed by atoms with van der Waals surface area (Å²) in [6, 6.07) is 13.1. The van der Waals surface area contributed by atoms with Crippen LogP contribution in [0.25, 0.3) is 10.2 Å². The van der Waals surface area contributed by atoms with Gasteiger partial charge in [-0.15, -0.1) is 11.3 Å². The molecule has 1 aliphatic heterocycles. The van der Waals surface area contributed by atoms with Gasteiger partial charge >= 0.3 is 0 Å². The van der Waals surface area contributed by atoms with Crippen LogP contribution in [0.5, 0.6) is 0 Å². The molecule has 2 amide bonds. The van der Waals surface area contributed by atoms with Gasteiger partial charge in [-0.25, -0.2) is 4.98 Å². The summed E-state index contributed by atoms with van der Waals surface area (Å²) >= 11 is 2.94. The lowest BCUT2D eigenvalue weighted by Gasteiger charge is -2.09. The number of rotatable bonds is 7. The maximum atomic E-state index is 12.4. The number of hydrogen-bond donors (Lipinski definition) is 2. The van der Waals surface area contributed by atoms with E-state index in [0.717, 1.165) is 45.3 Å². The van der Waals surface area contributed by atoms with E-state index >= 15 is 0 Å². The van der Waals surface area contributed by atoms with Gasteiger partial charge in [0.05, 0.1) is 22.1 Å². The van der Waals surface area contributed by atoms with Crippen molar-refractivity contribution in [3.05, 3.63) is 53.6 Å². The van der Waals surface area contributed by atoms with Crippen molar-refractivity contribution in [2.75, 3.05) is 24.2 Å². The highest BCUT2D eigenvalue weighted by Crippen LogP contribution is 2.31. The number of anilines is 1. The van der Waals surface area contributed by atoms with Crippen LogP contribution in [0, 0.1) is 6.92 Å². The predicted octanol–water partition coefficient (Wildman–Crippen LogP) is 4.24. The molecule has 4 rings (SSSR count). The van der Waals surface area contributed by atoms with E-state index in [1.165, 1.54) is 23.1 Å². The fourth-order valence-electron chi connectivity index (χ4n) is 3.16. The lowest BCUT2D eigenvalue weighted by molar-refractivity contribution is -0.119. The number of fused-ring (bicyclic) bond motifs is 1. The third-order valence-corrected chi connectivity index (χ3v) is 6.98. The van der Waals surface area contributed by atoms with Gasteiger partial charge in [-0.3, -0.25) is 9.59 Å². The molecule has 2 aromatic carbocycles. The van der Waals surface area contributed by atoms with Gasteiger partial charge in [-0.2, -0.15) is 0 Å². The molecule has 30 heavy (non-hydrogen) atoms. The van der Waals surface area contributed by atoms with Crippen LogP contribution in [-0.2, 0) is 9.53 Å². The van der Waals surface area contributed by atoms with Crippen LogP contribution < -0.4 is 10.6 Å². The summed E-state index contributed by atoms with van der Waals surface area (Å²) in [6.07, 6.45) is 2.22. The van der Waals surface area contributed by atoms with E-state index in [1.54, 1.807) is 0 Å². The first-order chi connectivity index (χ1) is 14.6. The summed E-state index contributed by atoms with van der Waals surface area (Å²) in [4.78, 5) is 29.1. The molecule has 1 unspecified atom stereocenters. The number of amides is 2. The maximum absolute atomic E-state index is 12.4. The molecule has 0 radical (unpaired) electrons. The van der Waals surface area contributed by atoms with Crippen LogP contribution in [-0.4, -0.2) is 41.8 Å². The third kappa shape index (κ3) is 5.38. The average Bonchev–Trinajstić information content (AvgIpc) is 3.40. The molecule has 1 fully saturated rings. The largest absolute Gasteiger partial charge is 0.376 e. The topological polar surface area (TPSA) is 80.3 Å². The Kier molecular flexibility index (Phi) is 6.66. The van der Waals surface area contributed by atoms with Crippen LogP contribution in [0.1, 0.15) is 28.8 Å². The minimum absolute atomic E-state index is 0.0131. The Morgan fingerprint density at radius 3 is 2.83 bits per heavy atom. The highest BCUT2D eigenvalue weighted by atomic mass is 32.2. The van der Waals surface area contributed by atoms with E-state index in [0.29, 0.717) is 17.9 Å². The van der Waals surface area contributed by atoms with Crippen molar-refractivity contribution in [1.29, 1.82) is 0 Å². The standard InChI is InChI=1S/C22H23N3O3S2/c1-14-4-6-15(7-5-14)21(27)24-16-8-9-18-19(11-16)30-22(25-18)29-13-20(26)23-12-17-3-2-10-28-17/h4-9,11,17H,2-3,10,12-13H2,1H3,(H,23,26)(H,24,27). The van der Waals surface area contributed by atoms with Gasteiger partial charge in [0.25, 0.3) is 5.91 Å². The smallest absolute Gasteiger partial charge is 0.255 e. The molecule has 1 aliphatic rings. The average molecular weight is 442 g/mol. The Morgan fingerprint density at radius 2 is 2.07 bits per heavy atom.